The summed E-state index contributed by atoms with van der Waals surface area (Å²) in [5, 5.41) is 4.84. The summed E-state index contributed by atoms with van der Waals surface area (Å²) in [6.45, 7) is 61.3. The number of aryl methyl sites for hydroxylation is 2. The molecule has 584 valence electrons. The number of anilines is 8. The predicted molar refractivity (Wildman–Crippen MR) is 489 cm³/mol. The minimum absolute atomic E-state index is 0.00929. The Morgan fingerprint density at radius 2 is 0.745 bits per heavy atom. The minimum atomic E-state index is -0.00929. The van der Waals surface area contributed by atoms with Crippen molar-refractivity contribution >= 4 is 115 Å². The van der Waals surface area contributed by atoms with E-state index >= 15 is 0 Å². The summed E-state index contributed by atoms with van der Waals surface area (Å²) in [4.78, 5) is 7.91. The molecule has 2 N–H and O–H groups in total. The van der Waals surface area contributed by atoms with Gasteiger partial charge in [0.15, 0.2) is 0 Å². The average Bonchev–Trinajstić information content (AvgIpc) is 1.59. The van der Waals surface area contributed by atoms with E-state index in [4.69, 9.17) is 17.3 Å². The fourth-order valence-electron chi connectivity index (χ4n) is 19.8. The Morgan fingerprint density at radius 1 is 0.373 bits per heavy atom. The lowest BCUT2D eigenvalue weighted by molar-refractivity contribution is 0.194. The van der Waals surface area contributed by atoms with Gasteiger partial charge >= 0.3 is 0 Å². The highest BCUT2D eigenvalue weighted by molar-refractivity contribution is 9.11. The molecule has 6 aliphatic rings. The van der Waals surface area contributed by atoms with Crippen molar-refractivity contribution in [3.8, 4) is 0 Å². The van der Waals surface area contributed by atoms with E-state index in [1.807, 2.05) is 40.9 Å². The van der Waals surface area contributed by atoms with E-state index in [0.717, 1.165) is 10.7 Å². The summed E-state index contributed by atoms with van der Waals surface area (Å²) in [7, 11) is 0. The van der Waals surface area contributed by atoms with Crippen molar-refractivity contribution < 1.29 is 0 Å². The summed E-state index contributed by atoms with van der Waals surface area (Å²) in [6.07, 6.45) is 15.1. The lowest BCUT2D eigenvalue weighted by atomic mass is 9.61. The van der Waals surface area contributed by atoms with E-state index in [-0.39, 0.29) is 54.4 Å². The van der Waals surface area contributed by atoms with Gasteiger partial charge in [-0.15, -0.1) is 22.7 Å². The molecule has 0 amide bonds. The van der Waals surface area contributed by atoms with Crippen molar-refractivity contribution in [3.05, 3.63) is 233 Å². The van der Waals surface area contributed by atoms with Gasteiger partial charge in [0, 0.05) is 65.1 Å². The molecule has 4 heterocycles. The molecule has 4 nitrogen and oxygen atoms in total. The zero-order valence-corrected chi connectivity index (χ0v) is 76.0. The lowest BCUT2D eigenvalue weighted by Crippen LogP contribution is -2.54. The van der Waals surface area contributed by atoms with Crippen molar-refractivity contribution in [2.24, 2.45) is 0 Å². The fraction of sp³-hybridized carbons (Fsp3) is 0.490. The minimum Gasteiger partial charge on any atom is -0.399 e. The topological polar surface area (TPSA) is 35.7 Å². The number of hydrogen-bond acceptors (Lipinski definition) is 6. The molecule has 0 saturated heterocycles. The average molecular weight is 1590 g/mol. The summed E-state index contributed by atoms with van der Waals surface area (Å²) >= 11 is 13.9. The number of benzene rings is 8. The van der Waals surface area contributed by atoms with Gasteiger partial charge in [-0.25, -0.2) is 0 Å². The van der Waals surface area contributed by atoms with E-state index in [9.17, 15) is 0 Å². The van der Waals surface area contributed by atoms with Crippen LogP contribution in [-0.4, -0.2) is 11.1 Å². The first kappa shape index (κ1) is 81.7. The third-order valence-electron chi connectivity index (χ3n) is 27.7. The largest absolute Gasteiger partial charge is 0.399 e. The fourth-order valence-corrected chi connectivity index (χ4v) is 22.8. The number of hydrogen-bond donors (Lipinski definition) is 1. The van der Waals surface area contributed by atoms with Gasteiger partial charge in [0.05, 0.1) is 14.9 Å². The molecule has 0 spiro atoms. The smallest absolute Gasteiger partial charge is 0.101 e. The van der Waals surface area contributed by atoms with Crippen LogP contribution in [0.15, 0.2) is 162 Å². The Labute approximate surface area is 685 Å². The lowest BCUT2D eigenvalue weighted by Gasteiger charge is -2.50. The Bertz CT molecular complexity index is 4980. The highest BCUT2D eigenvalue weighted by Gasteiger charge is 2.59. The van der Waals surface area contributed by atoms with Gasteiger partial charge in [-0.2, -0.15) is 0 Å². The molecule has 2 fully saturated rings. The summed E-state index contributed by atoms with van der Waals surface area (Å²) in [5.41, 5.74) is 33.3. The Kier molecular flexibility index (Phi) is 21.2. The van der Waals surface area contributed by atoms with Crippen LogP contribution in [0.3, 0.4) is 0 Å². The Balaban J connectivity index is 0.000000155. The number of nitrogens with two attached hydrogens (primary N) is 1. The maximum Gasteiger partial charge on any atom is 0.101 e. The SMILES string of the molecule is CC(C)(C)c1ccc(N)cc1.CC1(C)CCC(C)(C)c2cc3sc(Br)cc3cc21.Cc1cc(Cl)cc(N2c3ccc(C(C)(C)C)cc3C3(C)CCCCC23C)c1.Cc1cc(N(c2ccc(C(C)(C)C)cc2)c2cc3cc4c(cc3s2)C(C)(C)CCC4(C)C)cc(N2c3ccc(C(C)(C)C)cc3C3(C)CCCCC23C)c1. The molecule has 8 heteroatoms. The summed E-state index contributed by atoms with van der Waals surface area (Å²) in [5.74, 6) is 0. The van der Waals surface area contributed by atoms with E-state index in [1.165, 1.54) is 196 Å². The van der Waals surface area contributed by atoms with Crippen LogP contribution in [0.5, 0.6) is 0 Å². The first-order valence-corrected chi connectivity index (χ1v) is 44.2. The molecule has 4 aliphatic carbocycles. The molecular formula is C102H130BrClN4S2. The normalized spacial score (nSPS) is 22.7. The van der Waals surface area contributed by atoms with Crippen molar-refractivity contribution in [3.63, 3.8) is 0 Å². The molecule has 4 atom stereocenters. The third kappa shape index (κ3) is 15.0. The maximum absolute atomic E-state index is 6.47. The van der Waals surface area contributed by atoms with Gasteiger partial charge in [-0.3, -0.25) is 0 Å². The zero-order chi connectivity index (χ0) is 80.0. The zero-order valence-electron chi connectivity index (χ0n) is 72.0. The molecule has 2 aromatic heterocycles. The molecule has 2 aliphatic heterocycles. The first-order chi connectivity index (χ1) is 51.0. The Hall–Kier alpha value is -6.35. The molecular weight excluding hydrogens is 1460 g/mol. The van der Waals surface area contributed by atoms with Gasteiger partial charge < -0.3 is 20.4 Å². The van der Waals surface area contributed by atoms with Crippen LogP contribution >= 0.6 is 50.2 Å². The van der Waals surface area contributed by atoms with Crippen LogP contribution in [0.25, 0.3) is 20.2 Å². The monoisotopic (exact) mass is 1590 g/mol. The highest BCUT2D eigenvalue weighted by atomic mass is 79.9. The van der Waals surface area contributed by atoms with Gasteiger partial charge in [0.1, 0.15) is 5.00 Å². The Morgan fingerprint density at radius 3 is 1.17 bits per heavy atom. The van der Waals surface area contributed by atoms with E-state index in [1.54, 1.807) is 11.1 Å². The molecule has 10 aromatic rings. The van der Waals surface area contributed by atoms with Crippen LogP contribution in [-0.2, 0) is 54.1 Å². The molecule has 4 unspecified atom stereocenters. The van der Waals surface area contributed by atoms with Gasteiger partial charge in [0.2, 0.25) is 0 Å². The van der Waals surface area contributed by atoms with E-state index < -0.39 is 0 Å². The third-order valence-corrected chi connectivity index (χ3v) is 30.6. The van der Waals surface area contributed by atoms with E-state index in [2.05, 4.69) is 350 Å². The predicted octanol–water partition coefficient (Wildman–Crippen LogP) is 31.6. The van der Waals surface area contributed by atoms with Crippen LogP contribution in [0, 0.1) is 13.8 Å². The molecule has 16 rings (SSSR count). The molecule has 110 heavy (non-hydrogen) atoms. The highest BCUT2D eigenvalue weighted by Crippen LogP contribution is 2.64. The number of halogens is 2. The van der Waals surface area contributed by atoms with Crippen LogP contribution in [0.2, 0.25) is 5.02 Å². The van der Waals surface area contributed by atoms with Crippen LogP contribution in [0.4, 0.5) is 44.8 Å². The van der Waals surface area contributed by atoms with Crippen LogP contribution in [0.1, 0.15) is 310 Å². The number of thiophene rings is 2. The van der Waals surface area contributed by atoms with Gasteiger partial charge in [0.25, 0.3) is 0 Å². The number of fused-ring (bicyclic) bond motifs is 10. The van der Waals surface area contributed by atoms with Crippen molar-refractivity contribution in [2.75, 3.05) is 20.4 Å². The second kappa shape index (κ2) is 28.6. The quantitative estimate of drug-likeness (QED) is 0.174. The second-order valence-electron chi connectivity index (χ2n) is 41.8. The van der Waals surface area contributed by atoms with Crippen molar-refractivity contribution in [1.29, 1.82) is 0 Å². The molecule has 8 aromatic carbocycles. The van der Waals surface area contributed by atoms with Gasteiger partial charge in [-0.1, -0.05) is 238 Å². The number of nitrogen functional groups attached to an aromatic ring is 1. The van der Waals surface area contributed by atoms with E-state index in [0.29, 0.717) is 10.8 Å². The maximum atomic E-state index is 6.47. The first-order valence-electron chi connectivity index (χ1n) is 41.4. The van der Waals surface area contributed by atoms with Crippen molar-refractivity contribution in [2.45, 2.75) is 322 Å². The molecule has 0 bridgehead atoms. The standard InChI is InChI=1S/C51H64N2S.C25H32ClN.C16H19BrS.C10H15N/c1-33-26-38(31-39(27-33)53-43-21-18-36(47(5,6)7)30-42(43)50(12)22-14-15-23-51(50,53)13)52(37-19-16-35(17-20-37)46(2,3)4)45-29-34-28-40-41(32-44(34)54-45)49(10,11)25-24-48(40,8)9;1-17-13-19(26)16-20(14-17)27-22-10-9-18(23(2,3)4)15-21(22)24(5)11-7-8-12-25(24,27)6;1-15(2)5-6-16(3,4)12-9-13-10(7-11(12)15)8-14(17)18-13;1-10(2,3)8-4-6-9(11)7-5-8/h16-21,26-32H,14-15,22-25H2,1-13H3;9-10,13-16H,7-8,11-12H2,1-6H3;7-9H,5-6H2,1-4H3;4-7H,11H2,1-3H3. The number of rotatable bonds is 5. The van der Waals surface area contributed by atoms with Gasteiger partial charge in [-0.05, 0) is 325 Å². The molecule has 2 saturated carbocycles. The summed E-state index contributed by atoms with van der Waals surface area (Å²) in [6, 6.07) is 60.5. The second-order valence-corrected chi connectivity index (χ2v) is 45.8. The summed E-state index contributed by atoms with van der Waals surface area (Å²) < 4.78 is 4.02. The van der Waals surface area contributed by atoms with Crippen LogP contribution < -0.4 is 20.4 Å². The molecule has 0 radical (unpaired) electrons. The number of nitrogens with zero attached hydrogens (tertiary/aromatic N) is 3. The van der Waals surface area contributed by atoms with Crippen molar-refractivity contribution in [1.82, 2.24) is 0 Å².